The quantitative estimate of drug-likeness (QED) is 0.315. The number of carbonyl (C=O) groups is 1. The summed E-state index contributed by atoms with van der Waals surface area (Å²) in [5.74, 6) is -0.130. The Hall–Kier alpha value is -4.59. The van der Waals surface area contributed by atoms with Gasteiger partial charge in [-0.2, -0.15) is 10.5 Å². The van der Waals surface area contributed by atoms with Gasteiger partial charge in [-0.15, -0.1) is 0 Å². The number of thioether (sulfide) groups is 1. The number of hydrogen-bond donors (Lipinski definition) is 1. The van der Waals surface area contributed by atoms with E-state index in [1.165, 1.54) is 0 Å². The van der Waals surface area contributed by atoms with Crippen LogP contribution in [0.4, 0.5) is 17.2 Å². The number of nitriles is 2. The predicted octanol–water partition coefficient (Wildman–Crippen LogP) is 6.09. The molecule has 176 valence electrons. The molecule has 36 heavy (non-hydrogen) atoms. The molecule has 6 nitrogen and oxygen atoms in total. The number of rotatable bonds is 7. The Bertz CT molecular complexity index is 1420. The Labute approximate surface area is 214 Å². The molecule has 0 bridgehead atoms. The molecule has 0 radical (unpaired) electrons. The van der Waals surface area contributed by atoms with E-state index in [2.05, 4.69) is 24.0 Å². The van der Waals surface area contributed by atoms with E-state index in [1.807, 2.05) is 84.9 Å². The van der Waals surface area contributed by atoms with Gasteiger partial charge < -0.3 is 5.73 Å². The van der Waals surface area contributed by atoms with Crippen molar-refractivity contribution in [3.63, 3.8) is 0 Å². The number of amides is 1. The van der Waals surface area contributed by atoms with Crippen molar-refractivity contribution in [2.75, 3.05) is 16.4 Å². The van der Waals surface area contributed by atoms with Crippen molar-refractivity contribution in [2.45, 2.75) is 18.4 Å². The lowest BCUT2D eigenvalue weighted by Gasteiger charge is -2.23. The first-order valence-electron chi connectivity index (χ1n) is 11.4. The predicted molar refractivity (Wildman–Crippen MR) is 144 cm³/mol. The van der Waals surface area contributed by atoms with Gasteiger partial charge in [-0.05, 0) is 41.8 Å². The summed E-state index contributed by atoms with van der Waals surface area (Å²) < 4.78 is 0. The Morgan fingerprint density at radius 1 is 0.889 bits per heavy atom. The highest BCUT2D eigenvalue weighted by atomic mass is 32.2. The minimum absolute atomic E-state index is 0.0189. The maximum absolute atomic E-state index is 13.5. The topological polar surface area (TPSA) is 107 Å². The van der Waals surface area contributed by atoms with E-state index in [0.717, 1.165) is 35.1 Å². The largest absolute Gasteiger partial charge is 0.383 e. The molecule has 1 amide bonds. The van der Waals surface area contributed by atoms with E-state index in [4.69, 9.17) is 5.73 Å². The Kier molecular flexibility index (Phi) is 7.65. The fourth-order valence-electron chi connectivity index (χ4n) is 3.88. The van der Waals surface area contributed by atoms with E-state index < -0.39 is 0 Å². The number of nitrogens with zero attached hydrogens (tertiary/aromatic N) is 4. The highest BCUT2D eigenvalue weighted by Crippen LogP contribution is 2.36. The normalized spacial score (nSPS) is 10.3. The molecule has 2 N–H and O–H groups in total. The monoisotopic (exact) mass is 489 g/mol. The number of carbonyl (C=O) groups excluding carboxylic acids is 1. The molecular formula is C29H23N5OS. The van der Waals surface area contributed by atoms with E-state index in [9.17, 15) is 15.3 Å². The smallest absolute Gasteiger partial charge is 0.241 e. The van der Waals surface area contributed by atoms with Crippen LogP contribution in [0, 0.1) is 22.7 Å². The Balaban J connectivity index is 1.71. The molecule has 4 rings (SSSR count). The molecule has 0 unspecified atom stereocenters. The Morgan fingerprint density at radius 3 is 1.94 bits per heavy atom. The number of para-hydroxylation sites is 2. The van der Waals surface area contributed by atoms with Crippen LogP contribution in [-0.4, -0.2) is 16.6 Å². The van der Waals surface area contributed by atoms with Crippen LogP contribution in [0.3, 0.4) is 0 Å². The first-order chi connectivity index (χ1) is 17.6. The van der Waals surface area contributed by atoms with Gasteiger partial charge in [0, 0.05) is 16.9 Å². The zero-order valence-electron chi connectivity index (χ0n) is 19.7. The first-order valence-corrected chi connectivity index (χ1v) is 12.3. The summed E-state index contributed by atoms with van der Waals surface area (Å²) in [6.07, 6.45) is 0.873. The summed E-state index contributed by atoms with van der Waals surface area (Å²) in [5.41, 5.74) is 10.3. The lowest BCUT2D eigenvalue weighted by Crippen LogP contribution is -2.27. The van der Waals surface area contributed by atoms with Crippen LogP contribution in [0.5, 0.6) is 0 Å². The van der Waals surface area contributed by atoms with Gasteiger partial charge >= 0.3 is 0 Å². The summed E-state index contributed by atoms with van der Waals surface area (Å²) in [7, 11) is 0. The number of nitrogens with two attached hydrogens (primary N) is 1. The lowest BCUT2D eigenvalue weighted by atomic mass is 9.96. The van der Waals surface area contributed by atoms with E-state index >= 15 is 0 Å². The summed E-state index contributed by atoms with van der Waals surface area (Å²) in [4.78, 5) is 19.4. The molecule has 0 spiro atoms. The standard InChI is InChI=1S/C29H23N5OS/c1-2-20-13-15-21(16-14-20)27-24(17-30)28(32)33-29(25(27)18-31)36-19-26(35)34(22-9-5-3-6-10-22)23-11-7-4-8-12-23/h3-16H,2,19H2,1H3,(H2,32,33). The third-order valence-corrected chi connectivity index (χ3v) is 6.64. The average Bonchev–Trinajstić information content (AvgIpc) is 2.93. The molecule has 0 atom stereocenters. The average molecular weight is 490 g/mol. The van der Waals surface area contributed by atoms with Gasteiger partial charge in [-0.1, -0.05) is 79.3 Å². The van der Waals surface area contributed by atoms with Gasteiger partial charge in [-0.3, -0.25) is 9.69 Å². The lowest BCUT2D eigenvalue weighted by molar-refractivity contribution is -0.115. The van der Waals surface area contributed by atoms with E-state index in [-0.39, 0.29) is 28.6 Å². The van der Waals surface area contributed by atoms with Crippen molar-refractivity contribution in [3.8, 4) is 23.3 Å². The zero-order valence-corrected chi connectivity index (χ0v) is 20.5. The van der Waals surface area contributed by atoms with Gasteiger partial charge in [0.1, 0.15) is 28.5 Å². The van der Waals surface area contributed by atoms with Gasteiger partial charge in [0.05, 0.1) is 11.3 Å². The second-order valence-corrected chi connectivity index (χ2v) is 8.85. The van der Waals surface area contributed by atoms with Crippen LogP contribution >= 0.6 is 11.8 Å². The summed E-state index contributed by atoms with van der Waals surface area (Å²) in [5, 5.41) is 20.1. The highest BCUT2D eigenvalue weighted by Gasteiger charge is 2.23. The molecule has 1 heterocycles. The zero-order chi connectivity index (χ0) is 25.5. The molecular weight excluding hydrogens is 466 g/mol. The molecule has 3 aromatic carbocycles. The molecule has 0 saturated heterocycles. The first kappa shape index (κ1) is 24.5. The number of nitrogen functional groups attached to an aromatic ring is 1. The van der Waals surface area contributed by atoms with Crippen LogP contribution in [0.25, 0.3) is 11.1 Å². The number of anilines is 3. The van der Waals surface area contributed by atoms with Gasteiger partial charge in [0.2, 0.25) is 5.91 Å². The fraction of sp³-hybridized carbons (Fsp3) is 0.103. The fourth-order valence-corrected chi connectivity index (χ4v) is 4.73. The van der Waals surface area contributed by atoms with Crippen molar-refractivity contribution in [1.82, 2.24) is 4.98 Å². The Morgan fingerprint density at radius 2 is 1.44 bits per heavy atom. The third-order valence-electron chi connectivity index (χ3n) is 5.68. The minimum atomic E-state index is -0.181. The molecule has 0 saturated carbocycles. The number of aromatic nitrogens is 1. The van der Waals surface area contributed by atoms with Crippen LogP contribution in [-0.2, 0) is 11.2 Å². The van der Waals surface area contributed by atoms with Gasteiger partial charge in [-0.25, -0.2) is 4.98 Å². The number of aryl methyl sites for hydroxylation is 1. The minimum Gasteiger partial charge on any atom is -0.383 e. The second kappa shape index (κ2) is 11.2. The number of benzene rings is 3. The second-order valence-electron chi connectivity index (χ2n) is 7.89. The molecule has 7 heteroatoms. The molecule has 0 aliphatic carbocycles. The molecule has 0 aliphatic rings. The van der Waals surface area contributed by atoms with Crippen LogP contribution < -0.4 is 10.6 Å². The molecule has 0 fully saturated rings. The van der Waals surface area contributed by atoms with E-state index in [0.29, 0.717) is 16.2 Å². The maximum Gasteiger partial charge on any atom is 0.241 e. The van der Waals surface area contributed by atoms with Crippen molar-refractivity contribution < 1.29 is 4.79 Å². The van der Waals surface area contributed by atoms with Crippen LogP contribution in [0.2, 0.25) is 0 Å². The van der Waals surface area contributed by atoms with Crippen molar-refractivity contribution in [3.05, 3.63) is 102 Å². The van der Waals surface area contributed by atoms with Crippen molar-refractivity contribution in [1.29, 1.82) is 10.5 Å². The molecule has 0 aliphatic heterocycles. The molecule has 4 aromatic rings. The summed E-state index contributed by atoms with van der Waals surface area (Å²) >= 11 is 1.13. The van der Waals surface area contributed by atoms with Gasteiger partial charge in [0.25, 0.3) is 0 Å². The SMILES string of the molecule is CCc1ccc(-c2c(C#N)c(N)nc(SCC(=O)N(c3ccccc3)c3ccccc3)c2C#N)cc1. The van der Waals surface area contributed by atoms with E-state index in [1.54, 1.807) is 4.90 Å². The third kappa shape index (κ3) is 5.07. The summed E-state index contributed by atoms with van der Waals surface area (Å²) in [6, 6.07) is 30.7. The summed E-state index contributed by atoms with van der Waals surface area (Å²) in [6.45, 7) is 2.06. The van der Waals surface area contributed by atoms with Crippen LogP contribution in [0.15, 0.2) is 90.0 Å². The molecule has 1 aromatic heterocycles. The van der Waals surface area contributed by atoms with Gasteiger partial charge in [0.15, 0.2) is 0 Å². The number of pyridine rings is 1. The maximum atomic E-state index is 13.5. The van der Waals surface area contributed by atoms with Crippen LogP contribution in [0.1, 0.15) is 23.6 Å². The van der Waals surface area contributed by atoms with Crippen molar-refractivity contribution in [2.24, 2.45) is 0 Å². The highest BCUT2D eigenvalue weighted by molar-refractivity contribution is 8.00. The van der Waals surface area contributed by atoms with Crippen molar-refractivity contribution >= 4 is 34.9 Å². The number of hydrogen-bond acceptors (Lipinski definition) is 6.